The van der Waals surface area contributed by atoms with E-state index in [1.165, 1.54) is 0 Å². The van der Waals surface area contributed by atoms with Gasteiger partial charge in [-0.15, -0.1) is 0 Å². The number of methoxy groups -OCH3 is 1. The molecule has 0 saturated heterocycles. The highest BCUT2D eigenvalue weighted by Crippen LogP contribution is 2.02. The van der Waals surface area contributed by atoms with Crippen LogP contribution < -0.4 is 5.73 Å². The minimum atomic E-state index is 0.654. The molecule has 1 heterocycles. The third-order valence-electron chi connectivity index (χ3n) is 1.85. The van der Waals surface area contributed by atoms with Crippen LogP contribution in [0.2, 0.25) is 0 Å². The fourth-order valence-corrected chi connectivity index (χ4v) is 1.12. The van der Waals surface area contributed by atoms with E-state index in [9.17, 15) is 0 Å². The quantitative estimate of drug-likeness (QED) is 0.649. The van der Waals surface area contributed by atoms with Crippen molar-refractivity contribution in [3.63, 3.8) is 0 Å². The summed E-state index contributed by atoms with van der Waals surface area (Å²) in [4.78, 5) is 4.23. The Morgan fingerprint density at radius 3 is 2.93 bits per heavy atom. The molecule has 0 aliphatic heterocycles. The van der Waals surface area contributed by atoms with Crippen molar-refractivity contribution in [2.24, 2.45) is 5.73 Å². The van der Waals surface area contributed by atoms with Crippen LogP contribution in [-0.2, 0) is 17.6 Å². The van der Waals surface area contributed by atoms with Crippen LogP contribution in [0.3, 0.4) is 0 Å². The zero-order chi connectivity index (χ0) is 10.2. The van der Waals surface area contributed by atoms with Crippen molar-refractivity contribution in [2.75, 3.05) is 20.3 Å². The largest absolute Gasteiger partial charge is 0.385 e. The Morgan fingerprint density at radius 1 is 1.36 bits per heavy atom. The number of hydrogen-bond acceptors (Lipinski definition) is 5. The van der Waals surface area contributed by atoms with Crippen molar-refractivity contribution < 1.29 is 9.26 Å². The SMILES string of the molecule is COCCCc1noc(CCCN)n1. The lowest BCUT2D eigenvalue weighted by Gasteiger charge is -1.93. The first-order valence-electron chi connectivity index (χ1n) is 4.87. The van der Waals surface area contributed by atoms with E-state index >= 15 is 0 Å². The van der Waals surface area contributed by atoms with Crippen LogP contribution >= 0.6 is 0 Å². The second-order valence-electron chi connectivity index (χ2n) is 3.09. The highest BCUT2D eigenvalue weighted by molar-refractivity contribution is 4.86. The van der Waals surface area contributed by atoms with Gasteiger partial charge >= 0.3 is 0 Å². The topological polar surface area (TPSA) is 74.2 Å². The molecule has 5 heteroatoms. The van der Waals surface area contributed by atoms with Crippen molar-refractivity contribution in [2.45, 2.75) is 25.7 Å². The first-order valence-corrected chi connectivity index (χ1v) is 4.87. The molecule has 80 valence electrons. The maximum atomic E-state index is 5.38. The first kappa shape index (κ1) is 11.1. The monoisotopic (exact) mass is 199 g/mol. The molecule has 0 saturated carbocycles. The van der Waals surface area contributed by atoms with Crippen LogP contribution in [0, 0.1) is 0 Å². The van der Waals surface area contributed by atoms with Gasteiger partial charge in [-0.25, -0.2) is 0 Å². The summed E-state index contributed by atoms with van der Waals surface area (Å²) in [6.07, 6.45) is 3.39. The molecule has 1 rings (SSSR count). The van der Waals surface area contributed by atoms with Gasteiger partial charge in [0.2, 0.25) is 5.89 Å². The molecule has 0 fully saturated rings. The van der Waals surface area contributed by atoms with E-state index in [-0.39, 0.29) is 0 Å². The molecule has 0 aromatic carbocycles. The van der Waals surface area contributed by atoms with Crippen LogP contribution in [0.1, 0.15) is 24.6 Å². The van der Waals surface area contributed by atoms with Crippen molar-refractivity contribution in [1.29, 1.82) is 0 Å². The molecule has 14 heavy (non-hydrogen) atoms. The normalized spacial score (nSPS) is 10.7. The van der Waals surface area contributed by atoms with Gasteiger partial charge in [0.1, 0.15) is 0 Å². The molecule has 1 aromatic heterocycles. The van der Waals surface area contributed by atoms with E-state index in [1.807, 2.05) is 0 Å². The molecule has 2 N–H and O–H groups in total. The zero-order valence-electron chi connectivity index (χ0n) is 8.53. The van der Waals surface area contributed by atoms with Gasteiger partial charge in [-0.05, 0) is 19.4 Å². The van der Waals surface area contributed by atoms with E-state index in [2.05, 4.69) is 10.1 Å². The zero-order valence-corrected chi connectivity index (χ0v) is 8.53. The van der Waals surface area contributed by atoms with Crippen molar-refractivity contribution in [3.8, 4) is 0 Å². The molecular formula is C9H17N3O2. The third kappa shape index (κ3) is 3.85. The Hall–Kier alpha value is -0.940. The molecule has 0 aliphatic carbocycles. The summed E-state index contributed by atoms with van der Waals surface area (Å²) < 4.78 is 9.97. The Bertz CT molecular complexity index is 250. The first-order chi connectivity index (χ1) is 6.86. The molecule has 0 aliphatic rings. The van der Waals surface area contributed by atoms with E-state index < -0.39 is 0 Å². The molecular weight excluding hydrogens is 182 g/mol. The van der Waals surface area contributed by atoms with E-state index in [0.717, 1.165) is 38.1 Å². The fourth-order valence-electron chi connectivity index (χ4n) is 1.12. The van der Waals surface area contributed by atoms with E-state index in [1.54, 1.807) is 7.11 Å². The summed E-state index contributed by atoms with van der Waals surface area (Å²) in [5.41, 5.74) is 5.38. The van der Waals surface area contributed by atoms with Gasteiger partial charge in [-0.3, -0.25) is 0 Å². The maximum absolute atomic E-state index is 5.38. The minimum Gasteiger partial charge on any atom is -0.385 e. The Morgan fingerprint density at radius 2 is 2.21 bits per heavy atom. The highest BCUT2D eigenvalue weighted by Gasteiger charge is 2.04. The molecule has 0 radical (unpaired) electrons. The van der Waals surface area contributed by atoms with Gasteiger partial charge in [-0.2, -0.15) is 4.98 Å². The molecule has 0 bridgehead atoms. The predicted molar refractivity (Wildman–Crippen MR) is 51.9 cm³/mol. The Labute approximate surface area is 83.6 Å². The second kappa shape index (κ2) is 6.50. The standard InChI is InChI=1S/C9H17N3O2/c1-13-7-3-4-8-11-9(14-12-8)5-2-6-10/h2-7,10H2,1H3. The lowest BCUT2D eigenvalue weighted by Crippen LogP contribution is -2.00. The summed E-state index contributed by atoms with van der Waals surface area (Å²) in [6, 6.07) is 0. The Kier molecular flexibility index (Phi) is 5.17. The summed E-state index contributed by atoms with van der Waals surface area (Å²) in [5.74, 6) is 1.44. The lowest BCUT2D eigenvalue weighted by molar-refractivity contribution is 0.194. The van der Waals surface area contributed by atoms with Crippen molar-refractivity contribution in [1.82, 2.24) is 10.1 Å². The van der Waals surface area contributed by atoms with Gasteiger partial charge in [0.05, 0.1) is 0 Å². The maximum Gasteiger partial charge on any atom is 0.226 e. The molecule has 5 nitrogen and oxygen atoms in total. The van der Waals surface area contributed by atoms with Gasteiger partial charge in [-0.1, -0.05) is 5.16 Å². The van der Waals surface area contributed by atoms with Crippen LogP contribution in [-0.4, -0.2) is 30.4 Å². The predicted octanol–water partition coefficient (Wildman–Crippen LogP) is 0.540. The van der Waals surface area contributed by atoms with Gasteiger partial charge in [0.25, 0.3) is 0 Å². The Balaban J connectivity index is 2.27. The number of nitrogens with zero attached hydrogens (tertiary/aromatic N) is 2. The van der Waals surface area contributed by atoms with Gasteiger partial charge < -0.3 is 15.0 Å². The minimum absolute atomic E-state index is 0.654. The number of rotatable bonds is 7. The van der Waals surface area contributed by atoms with Crippen LogP contribution in [0.15, 0.2) is 4.52 Å². The summed E-state index contributed by atoms with van der Waals surface area (Å²) in [5, 5.41) is 3.86. The summed E-state index contributed by atoms with van der Waals surface area (Å²) >= 11 is 0. The average molecular weight is 199 g/mol. The summed E-state index contributed by atoms with van der Waals surface area (Å²) in [7, 11) is 1.68. The number of aromatic nitrogens is 2. The lowest BCUT2D eigenvalue weighted by atomic mass is 10.3. The van der Waals surface area contributed by atoms with Crippen LogP contribution in [0.25, 0.3) is 0 Å². The van der Waals surface area contributed by atoms with Crippen molar-refractivity contribution in [3.05, 3.63) is 11.7 Å². The number of hydrogen-bond donors (Lipinski definition) is 1. The number of nitrogens with two attached hydrogens (primary N) is 1. The van der Waals surface area contributed by atoms with Gasteiger partial charge in [0, 0.05) is 26.6 Å². The van der Waals surface area contributed by atoms with Crippen LogP contribution in [0.5, 0.6) is 0 Å². The van der Waals surface area contributed by atoms with Crippen molar-refractivity contribution >= 4 is 0 Å². The molecule has 1 aromatic rings. The summed E-state index contributed by atoms with van der Waals surface area (Å²) in [6.45, 7) is 1.38. The molecule has 0 atom stereocenters. The number of aryl methyl sites for hydroxylation is 2. The highest BCUT2D eigenvalue weighted by atomic mass is 16.5. The third-order valence-corrected chi connectivity index (χ3v) is 1.85. The fraction of sp³-hybridized carbons (Fsp3) is 0.778. The van der Waals surface area contributed by atoms with E-state index in [0.29, 0.717) is 12.4 Å². The second-order valence-corrected chi connectivity index (χ2v) is 3.09. The molecule has 0 amide bonds. The molecule has 0 unspecified atom stereocenters. The molecule has 0 spiro atoms. The smallest absolute Gasteiger partial charge is 0.226 e. The van der Waals surface area contributed by atoms with E-state index in [4.69, 9.17) is 15.0 Å². The number of ether oxygens (including phenoxy) is 1. The van der Waals surface area contributed by atoms with Crippen LogP contribution in [0.4, 0.5) is 0 Å². The average Bonchev–Trinajstić information content (AvgIpc) is 2.63. The van der Waals surface area contributed by atoms with Gasteiger partial charge in [0.15, 0.2) is 5.82 Å².